The van der Waals surface area contributed by atoms with Gasteiger partial charge in [0.25, 0.3) is 0 Å². The van der Waals surface area contributed by atoms with Gasteiger partial charge in [-0.3, -0.25) is 0 Å². The third kappa shape index (κ3) is 3.41. The Morgan fingerprint density at radius 3 is 2.42 bits per heavy atom. The zero-order chi connectivity index (χ0) is 13.7. The maximum atomic E-state index is 5.88. The van der Waals surface area contributed by atoms with Crippen molar-refractivity contribution in [2.45, 2.75) is 20.5 Å². The molecule has 0 spiro atoms. The zero-order valence-corrected chi connectivity index (χ0v) is 11.3. The van der Waals surface area contributed by atoms with Crippen LogP contribution in [-0.4, -0.2) is 6.61 Å². The van der Waals surface area contributed by atoms with Crippen LogP contribution >= 0.6 is 0 Å². The summed E-state index contributed by atoms with van der Waals surface area (Å²) in [5, 5.41) is 0. The van der Waals surface area contributed by atoms with Crippen LogP contribution in [0.3, 0.4) is 0 Å². The fourth-order valence-corrected chi connectivity index (χ4v) is 1.84. The van der Waals surface area contributed by atoms with E-state index in [2.05, 4.69) is 0 Å². The van der Waals surface area contributed by atoms with Crippen LogP contribution in [0.2, 0.25) is 0 Å². The normalized spacial score (nSPS) is 10.2. The van der Waals surface area contributed by atoms with E-state index in [0.29, 0.717) is 13.2 Å². The van der Waals surface area contributed by atoms with Crippen LogP contribution in [-0.2, 0) is 6.61 Å². The molecule has 0 aliphatic carbocycles. The monoisotopic (exact) mass is 257 g/mol. The van der Waals surface area contributed by atoms with E-state index in [1.807, 2.05) is 56.3 Å². The molecule has 0 aliphatic rings. The molecule has 0 saturated heterocycles. The van der Waals surface area contributed by atoms with Gasteiger partial charge in [-0.2, -0.15) is 0 Å². The standard InChI is InChI=1S/C16H19NO2/c1-3-18-14-7-5-8-15(10-14)19-11-13-6-4-9-16(17)12(13)2/h4-10H,3,11,17H2,1-2H3. The average molecular weight is 257 g/mol. The van der Waals surface area contributed by atoms with Crippen LogP contribution in [0.25, 0.3) is 0 Å². The molecule has 0 bridgehead atoms. The lowest BCUT2D eigenvalue weighted by atomic mass is 10.1. The van der Waals surface area contributed by atoms with Crippen molar-refractivity contribution in [1.29, 1.82) is 0 Å². The van der Waals surface area contributed by atoms with Crippen molar-refractivity contribution in [3.8, 4) is 11.5 Å². The molecule has 3 nitrogen and oxygen atoms in total. The van der Waals surface area contributed by atoms with Crippen molar-refractivity contribution >= 4 is 5.69 Å². The highest BCUT2D eigenvalue weighted by Crippen LogP contribution is 2.22. The Hall–Kier alpha value is -2.16. The van der Waals surface area contributed by atoms with E-state index in [1.54, 1.807) is 0 Å². The number of hydrogen-bond donors (Lipinski definition) is 1. The van der Waals surface area contributed by atoms with Crippen LogP contribution in [0.4, 0.5) is 5.69 Å². The van der Waals surface area contributed by atoms with Gasteiger partial charge >= 0.3 is 0 Å². The Morgan fingerprint density at radius 1 is 1.00 bits per heavy atom. The third-order valence-electron chi connectivity index (χ3n) is 3.00. The molecule has 2 aromatic rings. The van der Waals surface area contributed by atoms with E-state index in [4.69, 9.17) is 15.2 Å². The highest BCUT2D eigenvalue weighted by molar-refractivity contribution is 5.49. The lowest BCUT2D eigenvalue weighted by molar-refractivity contribution is 0.299. The SMILES string of the molecule is CCOc1cccc(OCc2cccc(N)c2C)c1. The number of hydrogen-bond acceptors (Lipinski definition) is 3. The quantitative estimate of drug-likeness (QED) is 0.833. The molecule has 0 aromatic heterocycles. The third-order valence-corrected chi connectivity index (χ3v) is 3.00. The van der Waals surface area contributed by atoms with Crippen LogP contribution in [0, 0.1) is 6.92 Å². The van der Waals surface area contributed by atoms with Gasteiger partial charge in [-0.05, 0) is 43.2 Å². The lowest BCUT2D eigenvalue weighted by Gasteiger charge is -2.11. The molecule has 0 heterocycles. The van der Waals surface area contributed by atoms with Crippen molar-refractivity contribution < 1.29 is 9.47 Å². The van der Waals surface area contributed by atoms with Crippen molar-refractivity contribution in [3.05, 3.63) is 53.6 Å². The predicted octanol–water partition coefficient (Wildman–Crippen LogP) is 3.55. The fraction of sp³-hybridized carbons (Fsp3) is 0.250. The van der Waals surface area contributed by atoms with E-state index in [1.165, 1.54) is 0 Å². The van der Waals surface area contributed by atoms with Gasteiger partial charge < -0.3 is 15.2 Å². The molecule has 2 rings (SSSR count). The summed E-state index contributed by atoms with van der Waals surface area (Å²) in [7, 11) is 0. The minimum atomic E-state index is 0.506. The molecular weight excluding hydrogens is 238 g/mol. The van der Waals surface area contributed by atoms with Crippen LogP contribution < -0.4 is 15.2 Å². The summed E-state index contributed by atoms with van der Waals surface area (Å²) < 4.78 is 11.2. The molecule has 0 unspecified atom stereocenters. The summed E-state index contributed by atoms with van der Waals surface area (Å²) in [5.41, 5.74) is 8.84. The number of nitrogens with two attached hydrogens (primary N) is 1. The largest absolute Gasteiger partial charge is 0.494 e. The average Bonchev–Trinajstić information content (AvgIpc) is 2.41. The highest BCUT2D eigenvalue weighted by atomic mass is 16.5. The second kappa shape index (κ2) is 6.14. The van der Waals surface area contributed by atoms with Crippen LogP contribution in [0.5, 0.6) is 11.5 Å². The highest BCUT2D eigenvalue weighted by Gasteiger charge is 2.03. The van der Waals surface area contributed by atoms with Crippen molar-refractivity contribution in [1.82, 2.24) is 0 Å². The molecule has 100 valence electrons. The maximum Gasteiger partial charge on any atom is 0.123 e. The predicted molar refractivity (Wildman–Crippen MR) is 77.5 cm³/mol. The maximum absolute atomic E-state index is 5.88. The topological polar surface area (TPSA) is 44.5 Å². The summed E-state index contributed by atoms with van der Waals surface area (Å²) in [6, 6.07) is 13.5. The van der Waals surface area contributed by atoms with Gasteiger partial charge in [0.15, 0.2) is 0 Å². The van der Waals surface area contributed by atoms with Crippen molar-refractivity contribution in [2.24, 2.45) is 0 Å². The summed E-state index contributed by atoms with van der Waals surface area (Å²) in [4.78, 5) is 0. The Kier molecular flexibility index (Phi) is 4.29. The number of ether oxygens (including phenoxy) is 2. The van der Waals surface area contributed by atoms with Crippen molar-refractivity contribution in [2.75, 3.05) is 12.3 Å². The van der Waals surface area contributed by atoms with E-state index in [-0.39, 0.29) is 0 Å². The first kappa shape index (κ1) is 13.3. The molecular formula is C16H19NO2. The summed E-state index contributed by atoms with van der Waals surface area (Å²) in [6.07, 6.45) is 0. The first-order valence-electron chi connectivity index (χ1n) is 6.40. The summed E-state index contributed by atoms with van der Waals surface area (Å²) in [6.45, 7) is 5.12. The molecule has 2 N–H and O–H groups in total. The number of benzene rings is 2. The van der Waals surface area contributed by atoms with E-state index < -0.39 is 0 Å². The summed E-state index contributed by atoms with van der Waals surface area (Å²) >= 11 is 0. The van der Waals surface area contributed by atoms with Gasteiger partial charge in [0, 0.05) is 11.8 Å². The Morgan fingerprint density at radius 2 is 1.68 bits per heavy atom. The molecule has 19 heavy (non-hydrogen) atoms. The molecule has 2 aromatic carbocycles. The van der Waals surface area contributed by atoms with Crippen LogP contribution in [0.15, 0.2) is 42.5 Å². The van der Waals surface area contributed by atoms with E-state index in [0.717, 1.165) is 28.3 Å². The number of nitrogen functional groups attached to an aromatic ring is 1. The Balaban J connectivity index is 2.06. The van der Waals surface area contributed by atoms with Gasteiger partial charge in [0.05, 0.1) is 6.61 Å². The van der Waals surface area contributed by atoms with Gasteiger partial charge in [-0.1, -0.05) is 18.2 Å². The Bertz CT molecular complexity index is 552. The minimum absolute atomic E-state index is 0.506. The fourth-order valence-electron chi connectivity index (χ4n) is 1.84. The molecule has 0 aliphatic heterocycles. The first-order valence-corrected chi connectivity index (χ1v) is 6.40. The van der Waals surface area contributed by atoms with Crippen molar-refractivity contribution in [3.63, 3.8) is 0 Å². The molecule has 0 saturated carbocycles. The van der Waals surface area contributed by atoms with E-state index >= 15 is 0 Å². The van der Waals surface area contributed by atoms with E-state index in [9.17, 15) is 0 Å². The second-order valence-corrected chi connectivity index (χ2v) is 4.33. The Labute approximate surface area is 114 Å². The molecule has 0 amide bonds. The molecule has 0 radical (unpaired) electrons. The van der Waals surface area contributed by atoms with Gasteiger partial charge in [-0.25, -0.2) is 0 Å². The van der Waals surface area contributed by atoms with Gasteiger partial charge in [0.2, 0.25) is 0 Å². The lowest BCUT2D eigenvalue weighted by Crippen LogP contribution is -2.01. The molecule has 0 atom stereocenters. The minimum Gasteiger partial charge on any atom is -0.494 e. The molecule has 3 heteroatoms. The summed E-state index contributed by atoms with van der Waals surface area (Å²) in [5.74, 6) is 1.62. The number of anilines is 1. The first-order chi connectivity index (χ1) is 9.20. The number of rotatable bonds is 5. The van der Waals surface area contributed by atoms with Crippen LogP contribution in [0.1, 0.15) is 18.1 Å². The molecule has 0 fully saturated rings. The van der Waals surface area contributed by atoms with Gasteiger partial charge in [-0.15, -0.1) is 0 Å². The van der Waals surface area contributed by atoms with Gasteiger partial charge in [0.1, 0.15) is 18.1 Å². The second-order valence-electron chi connectivity index (χ2n) is 4.33. The zero-order valence-electron chi connectivity index (χ0n) is 11.3. The smallest absolute Gasteiger partial charge is 0.123 e.